The highest BCUT2D eigenvalue weighted by Crippen LogP contribution is 2.55. The molecule has 4 nitrogen and oxygen atoms in total. The van der Waals surface area contributed by atoms with E-state index in [0.717, 1.165) is 4.90 Å². The lowest BCUT2D eigenvalue weighted by molar-refractivity contribution is -0.160. The average Bonchev–Trinajstić information content (AvgIpc) is 2.36. The zero-order valence-corrected chi connectivity index (χ0v) is 7.21. The van der Waals surface area contributed by atoms with Gasteiger partial charge in [0.1, 0.15) is 11.2 Å². The molecular weight excluding hydrogens is 177 g/mol. The predicted octanol–water partition coefficient (Wildman–Crippen LogP) is 0.174. The van der Waals surface area contributed by atoms with Crippen LogP contribution in [0.4, 0.5) is 4.39 Å². The van der Waals surface area contributed by atoms with Crippen LogP contribution in [0.25, 0.3) is 0 Å². The minimum absolute atomic E-state index is 0.0467. The van der Waals surface area contributed by atoms with Crippen molar-refractivity contribution < 1.29 is 19.1 Å². The van der Waals surface area contributed by atoms with Gasteiger partial charge in [-0.15, -0.1) is 0 Å². The van der Waals surface area contributed by atoms with Crippen molar-refractivity contribution in [1.29, 1.82) is 0 Å². The number of hydrogen-bond acceptors (Lipinski definition) is 2. The van der Waals surface area contributed by atoms with Crippen LogP contribution in [0.3, 0.4) is 0 Å². The maximum atomic E-state index is 13.4. The molecule has 2 bridgehead atoms. The molecule has 3 fully saturated rings. The van der Waals surface area contributed by atoms with E-state index in [1.54, 1.807) is 0 Å². The second kappa shape index (κ2) is 2.02. The molecule has 0 aromatic carbocycles. The van der Waals surface area contributed by atoms with Gasteiger partial charge in [-0.25, -0.2) is 9.18 Å². The summed E-state index contributed by atoms with van der Waals surface area (Å²) >= 11 is 0. The van der Waals surface area contributed by atoms with Crippen LogP contribution in [-0.4, -0.2) is 39.6 Å². The van der Waals surface area contributed by atoms with Crippen molar-refractivity contribution >= 4 is 11.9 Å². The highest BCUT2D eigenvalue weighted by Gasteiger charge is 2.71. The quantitative estimate of drug-likeness (QED) is 0.636. The second-order valence-electron chi connectivity index (χ2n) is 3.95. The van der Waals surface area contributed by atoms with Crippen LogP contribution in [0.5, 0.6) is 0 Å². The first-order chi connectivity index (χ1) is 5.90. The van der Waals surface area contributed by atoms with Gasteiger partial charge in [0.05, 0.1) is 6.54 Å². The molecule has 0 unspecified atom stereocenters. The van der Waals surface area contributed by atoms with Crippen molar-refractivity contribution in [3.8, 4) is 0 Å². The molecule has 0 aromatic rings. The number of nitrogens with zero attached hydrogens (tertiary/aromatic N) is 1. The van der Waals surface area contributed by atoms with Crippen LogP contribution in [0.1, 0.15) is 19.8 Å². The minimum atomic E-state index is -1.44. The Morgan fingerprint density at radius 2 is 2.00 bits per heavy atom. The van der Waals surface area contributed by atoms with E-state index in [1.165, 1.54) is 6.92 Å². The van der Waals surface area contributed by atoms with E-state index in [0.29, 0.717) is 0 Å². The zero-order chi connectivity index (χ0) is 9.85. The Hall–Kier alpha value is -1.13. The number of carboxylic acids is 1. The van der Waals surface area contributed by atoms with Crippen molar-refractivity contribution in [2.75, 3.05) is 6.54 Å². The monoisotopic (exact) mass is 187 g/mol. The first kappa shape index (κ1) is 8.47. The van der Waals surface area contributed by atoms with Gasteiger partial charge in [0.25, 0.3) is 0 Å². The molecule has 3 rings (SSSR count). The summed E-state index contributed by atoms with van der Waals surface area (Å²) < 4.78 is 13.4. The first-order valence-electron chi connectivity index (χ1n) is 4.10. The zero-order valence-electron chi connectivity index (χ0n) is 7.21. The van der Waals surface area contributed by atoms with Gasteiger partial charge >= 0.3 is 5.97 Å². The molecule has 2 saturated heterocycles. The summed E-state index contributed by atoms with van der Waals surface area (Å²) in [6, 6.07) is 0. The summed E-state index contributed by atoms with van der Waals surface area (Å²) in [7, 11) is 0. The van der Waals surface area contributed by atoms with Crippen LogP contribution in [-0.2, 0) is 9.59 Å². The van der Waals surface area contributed by atoms with Crippen molar-refractivity contribution in [3.63, 3.8) is 0 Å². The Labute approximate surface area is 74.3 Å². The summed E-state index contributed by atoms with van der Waals surface area (Å²) in [5.74, 6) is -1.45. The van der Waals surface area contributed by atoms with Gasteiger partial charge in [-0.2, -0.15) is 0 Å². The molecule has 3 aliphatic rings. The Bertz CT molecular complexity index is 290. The van der Waals surface area contributed by atoms with Crippen molar-refractivity contribution in [2.45, 2.75) is 31.0 Å². The summed E-state index contributed by atoms with van der Waals surface area (Å²) in [5.41, 5.74) is -2.68. The maximum Gasteiger partial charge on any atom is 0.329 e. The summed E-state index contributed by atoms with van der Waals surface area (Å²) in [5, 5.41) is 8.88. The maximum absolute atomic E-state index is 13.4. The van der Waals surface area contributed by atoms with Crippen molar-refractivity contribution in [1.82, 2.24) is 4.90 Å². The van der Waals surface area contributed by atoms with Crippen molar-refractivity contribution in [3.05, 3.63) is 0 Å². The van der Waals surface area contributed by atoms with E-state index in [4.69, 9.17) is 5.11 Å². The lowest BCUT2D eigenvalue weighted by Gasteiger charge is -2.39. The van der Waals surface area contributed by atoms with E-state index >= 15 is 0 Å². The molecule has 0 aromatic heterocycles. The Morgan fingerprint density at radius 1 is 1.46 bits per heavy atom. The molecule has 1 saturated carbocycles. The number of rotatable bonds is 1. The number of aliphatic carboxylic acids is 1. The molecule has 72 valence electrons. The van der Waals surface area contributed by atoms with Gasteiger partial charge in [0.15, 0.2) is 0 Å². The smallest absolute Gasteiger partial charge is 0.329 e. The van der Waals surface area contributed by atoms with E-state index in [1.807, 2.05) is 0 Å². The molecule has 2 heterocycles. The second-order valence-corrected chi connectivity index (χ2v) is 3.95. The standard InChI is InChI=1S/C8H10FNO3/c1-5(11)10-4-7(9)2-8(10,3-7)6(12)13/h2-4H2,1H3,(H,12,13). The molecule has 2 aliphatic heterocycles. The fourth-order valence-electron chi connectivity index (χ4n) is 2.41. The van der Waals surface area contributed by atoms with Gasteiger partial charge in [0, 0.05) is 19.8 Å². The normalized spacial score (nSPS) is 41.5. The minimum Gasteiger partial charge on any atom is -0.479 e. The highest BCUT2D eigenvalue weighted by molar-refractivity contribution is 5.89. The molecule has 1 aliphatic carbocycles. The molecule has 5 heteroatoms. The lowest BCUT2D eigenvalue weighted by Crippen LogP contribution is -2.57. The van der Waals surface area contributed by atoms with Gasteiger partial charge in [-0.3, -0.25) is 4.79 Å². The number of alkyl halides is 1. The summed E-state index contributed by atoms with van der Waals surface area (Å²) in [6.07, 6.45) is -0.0934. The number of amides is 1. The molecule has 0 radical (unpaired) electrons. The topological polar surface area (TPSA) is 57.6 Å². The number of carbonyl (C=O) groups is 2. The number of carbonyl (C=O) groups excluding carboxylic acids is 1. The van der Waals surface area contributed by atoms with Crippen LogP contribution in [0.2, 0.25) is 0 Å². The summed E-state index contributed by atoms with van der Waals surface area (Å²) in [6.45, 7) is 1.21. The van der Waals surface area contributed by atoms with Crippen LogP contribution >= 0.6 is 0 Å². The first-order valence-corrected chi connectivity index (χ1v) is 4.10. The Balaban J connectivity index is 2.32. The van der Waals surface area contributed by atoms with Gasteiger partial charge in [-0.1, -0.05) is 0 Å². The van der Waals surface area contributed by atoms with Gasteiger partial charge in [0.2, 0.25) is 5.91 Å². The Kier molecular flexibility index (Phi) is 1.32. The third kappa shape index (κ3) is 0.842. The predicted molar refractivity (Wildman–Crippen MR) is 40.8 cm³/mol. The average molecular weight is 187 g/mol. The van der Waals surface area contributed by atoms with E-state index in [-0.39, 0.29) is 25.3 Å². The lowest BCUT2D eigenvalue weighted by atomic mass is 9.71. The van der Waals surface area contributed by atoms with Crippen LogP contribution < -0.4 is 0 Å². The molecular formula is C8H10FNO3. The fourth-order valence-corrected chi connectivity index (χ4v) is 2.41. The van der Waals surface area contributed by atoms with E-state index < -0.39 is 17.2 Å². The fraction of sp³-hybridized carbons (Fsp3) is 0.750. The highest BCUT2D eigenvalue weighted by atomic mass is 19.1. The molecule has 0 spiro atoms. The third-order valence-corrected chi connectivity index (χ3v) is 2.95. The van der Waals surface area contributed by atoms with Crippen LogP contribution in [0.15, 0.2) is 0 Å². The number of carboxylic acid groups (broad SMARTS) is 1. The number of halogens is 1. The number of fused-ring (bicyclic) bond motifs is 1. The summed E-state index contributed by atoms with van der Waals surface area (Å²) in [4.78, 5) is 23.0. The Morgan fingerprint density at radius 3 is 2.31 bits per heavy atom. The third-order valence-electron chi connectivity index (χ3n) is 2.95. The van der Waals surface area contributed by atoms with E-state index in [2.05, 4.69) is 0 Å². The molecule has 0 atom stereocenters. The largest absolute Gasteiger partial charge is 0.479 e. The van der Waals surface area contributed by atoms with Gasteiger partial charge in [-0.05, 0) is 0 Å². The molecule has 13 heavy (non-hydrogen) atoms. The van der Waals surface area contributed by atoms with Crippen molar-refractivity contribution in [2.24, 2.45) is 0 Å². The SMILES string of the molecule is CC(=O)N1CC2(F)CC1(C(=O)O)C2. The molecule has 1 amide bonds. The molecule has 1 N–H and O–H groups in total. The van der Waals surface area contributed by atoms with Crippen LogP contribution in [0, 0.1) is 0 Å². The van der Waals surface area contributed by atoms with Gasteiger partial charge < -0.3 is 10.0 Å². The number of hydrogen-bond donors (Lipinski definition) is 1. The van der Waals surface area contributed by atoms with E-state index in [9.17, 15) is 14.0 Å².